The van der Waals surface area contributed by atoms with E-state index < -0.39 is 0 Å². The van der Waals surface area contributed by atoms with Gasteiger partial charge in [0.25, 0.3) is 0 Å². The fraction of sp³-hybridized carbons (Fsp3) is 0.400. The van der Waals surface area contributed by atoms with E-state index in [0.29, 0.717) is 6.04 Å². The predicted molar refractivity (Wildman–Crippen MR) is 66.2 cm³/mol. The van der Waals surface area contributed by atoms with Crippen molar-refractivity contribution in [3.63, 3.8) is 0 Å². The Balaban J connectivity index is 2.13. The zero-order chi connectivity index (χ0) is 10.3. The van der Waals surface area contributed by atoms with E-state index in [0.717, 1.165) is 21.3 Å². The van der Waals surface area contributed by atoms with Crippen LogP contribution in [0, 0.1) is 0 Å². The van der Waals surface area contributed by atoms with Crippen LogP contribution in [-0.2, 0) is 0 Å². The molecule has 78 valence electrons. The summed E-state index contributed by atoms with van der Waals surface area (Å²) in [6.45, 7) is 0. The van der Waals surface area contributed by atoms with Crippen LogP contribution in [0.5, 0.6) is 0 Å². The Hall–Kier alpha value is -0.550. The number of halogens is 1. The average molecular weight is 284 g/mol. The normalized spacial score (nSPS) is 21.3. The summed E-state index contributed by atoms with van der Waals surface area (Å²) >= 11 is 5.48. The maximum atomic E-state index is 4.25. The van der Waals surface area contributed by atoms with Crippen LogP contribution in [0.25, 0.3) is 11.0 Å². The van der Waals surface area contributed by atoms with Crippen LogP contribution >= 0.6 is 27.7 Å². The van der Waals surface area contributed by atoms with E-state index in [1.54, 1.807) is 0 Å². The zero-order valence-electron chi connectivity index (χ0n) is 8.06. The van der Waals surface area contributed by atoms with Crippen molar-refractivity contribution in [3.05, 3.63) is 22.7 Å². The molecule has 1 aromatic carbocycles. The number of nitrogens with zero attached hydrogens (tertiary/aromatic N) is 3. The zero-order valence-corrected chi connectivity index (χ0v) is 10.5. The molecule has 2 aromatic rings. The average Bonchev–Trinajstić information content (AvgIpc) is 2.83. The molecule has 1 fully saturated rings. The minimum atomic E-state index is 0.522. The highest BCUT2D eigenvalue weighted by Crippen LogP contribution is 2.30. The molecule has 0 radical (unpaired) electrons. The first-order chi connectivity index (χ1) is 7.34. The van der Waals surface area contributed by atoms with E-state index in [-0.39, 0.29) is 0 Å². The Morgan fingerprint density at radius 3 is 3.20 bits per heavy atom. The molecule has 3 rings (SSSR count). The van der Waals surface area contributed by atoms with E-state index in [1.807, 2.05) is 23.9 Å². The molecule has 1 atom stereocenters. The van der Waals surface area contributed by atoms with Crippen molar-refractivity contribution in [3.8, 4) is 0 Å². The molecule has 5 heteroatoms. The highest BCUT2D eigenvalue weighted by Gasteiger charge is 2.20. The van der Waals surface area contributed by atoms with E-state index >= 15 is 0 Å². The molecule has 0 bridgehead atoms. The Labute approximate surface area is 100 Å². The number of rotatable bonds is 1. The number of fused-ring (bicyclic) bond motifs is 1. The Morgan fingerprint density at radius 2 is 2.40 bits per heavy atom. The fourth-order valence-corrected chi connectivity index (χ4v) is 3.43. The van der Waals surface area contributed by atoms with Crippen molar-refractivity contribution in [2.24, 2.45) is 0 Å². The molecule has 1 aliphatic heterocycles. The van der Waals surface area contributed by atoms with Crippen molar-refractivity contribution < 1.29 is 0 Å². The van der Waals surface area contributed by atoms with Gasteiger partial charge in [-0.25, -0.2) is 4.68 Å². The molecule has 1 unspecified atom stereocenters. The second-order valence-electron chi connectivity index (χ2n) is 3.68. The smallest absolute Gasteiger partial charge is 0.113 e. The van der Waals surface area contributed by atoms with E-state index in [4.69, 9.17) is 0 Å². The van der Waals surface area contributed by atoms with Crippen LogP contribution in [0.3, 0.4) is 0 Å². The number of hydrogen-bond donors (Lipinski definition) is 0. The highest BCUT2D eigenvalue weighted by atomic mass is 79.9. The Bertz CT molecular complexity index is 490. The summed E-state index contributed by atoms with van der Waals surface area (Å²) in [4.78, 5) is 0. The maximum Gasteiger partial charge on any atom is 0.113 e. The molecule has 2 heterocycles. The Morgan fingerprint density at radius 1 is 1.47 bits per heavy atom. The standard InChI is InChI=1S/C10H10BrN3S/c11-7-1-2-9-10(5-7)14(13-12-9)8-3-4-15-6-8/h1-2,5,8H,3-4,6H2. The molecular weight excluding hydrogens is 274 g/mol. The Kier molecular flexibility index (Phi) is 2.44. The summed E-state index contributed by atoms with van der Waals surface area (Å²) in [7, 11) is 0. The number of thioether (sulfide) groups is 1. The van der Waals surface area contributed by atoms with Gasteiger partial charge in [-0.2, -0.15) is 11.8 Å². The monoisotopic (exact) mass is 283 g/mol. The highest BCUT2D eigenvalue weighted by molar-refractivity contribution is 9.10. The second-order valence-corrected chi connectivity index (χ2v) is 5.75. The van der Waals surface area contributed by atoms with Gasteiger partial charge in [-0.3, -0.25) is 0 Å². The van der Waals surface area contributed by atoms with Crippen molar-refractivity contribution in [2.75, 3.05) is 11.5 Å². The minimum absolute atomic E-state index is 0.522. The lowest BCUT2D eigenvalue weighted by molar-refractivity contribution is 0.501. The van der Waals surface area contributed by atoms with Crippen LogP contribution in [0.15, 0.2) is 22.7 Å². The molecule has 1 aliphatic rings. The van der Waals surface area contributed by atoms with E-state index in [2.05, 4.69) is 37.0 Å². The third-order valence-corrected chi connectivity index (χ3v) is 4.32. The van der Waals surface area contributed by atoms with Crippen LogP contribution in [0.2, 0.25) is 0 Å². The first-order valence-corrected chi connectivity index (χ1v) is 6.87. The van der Waals surface area contributed by atoms with Gasteiger partial charge in [0.2, 0.25) is 0 Å². The number of hydrogen-bond acceptors (Lipinski definition) is 3. The second kappa shape index (κ2) is 3.79. The first-order valence-electron chi connectivity index (χ1n) is 4.93. The van der Waals surface area contributed by atoms with Crippen molar-refractivity contribution >= 4 is 38.7 Å². The van der Waals surface area contributed by atoms with Gasteiger partial charge >= 0.3 is 0 Å². The van der Waals surface area contributed by atoms with Crippen LogP contribution in [0.4, 0.5) is 0 Å². The molecular formula is C10H10BrN3S. The van der Waals surface area contributed by atoms with Crippen molar-refractivity contribution in [1.29, 1.82) is 0 Å². The molecule has 3 nitrogen and oxygen atoms in total. The van der Waals surface area contributed by atoms with Gasteiger partial charge in [0.1, 0.15) is 5.52 Å². The van der Waals surface area contributed by atoms with Crippen molar-refractivity contribution in [2.45, 2.75) is 12.5 Å². The van der Waals surface area contributed by atoms with Gasteiger partial charge in [0, 0.05) is 10.2 Å². The van der Waals surface area contributed by atoms with Crippen LogP contribution in [-0.4, -0.2) is 26.5 Å². The molecule has 1 saturated heterocycles. The molecule has 0 N–H and O–H groups in total. The first kappa shape index (κ1) is 9.66. The fourth-order valence-electron chi connectivity index (χ4n) is 1.89. The lowest BCUT2D eigenvalue weighted by atomic mass is 10.2. The van der Waals surface area contributed by atoms with Gasteiger partial charge in [-0.15, -0.1) is 5.10 Å². The number of aromatic nitrogens is 3. The molecule has 0 spiro atoms. The third-order valence-electron chi connectivity index (χ3n) is 2.68. The van der Waals surface area contributed by atoms with Crippen LogP contribution < -0.4 is 0 Å². The summed E-state index contributed by atoms with van der Waals surface area (Å²) in [5.74, 6) is 2.39. The van der Waals surface area contributed by atoms with Gasteiger partial charge in [-0.1, -0.05) is 21.1 Å². The van der Waals surface area contributed by atoms with Gasteiger partial charge in [0.15, 0.2) is 0 Å². The molecule has 0 saturated carbocycles. The maximum absolute atomic E-state index is 4.25. The SMILES string of the molecule is Brc1ccc2nnn(C3CCSC3)c2c1. The lowest BCUT2D eigenvalue weighted by Crippen LogP contribution is -2.09. The summed E-state index contributed by atoms with van der Waals surface area (Å²) in [5, 5.41) is 8.44. The summed E-state index contributed by atoms with van der Waals surface area (Å²) in [6, 6.07) is 6.63. The third kappa shape index (κ3) is 1.67. The van der Waals surface area contributed by atoms with Crippen molar-refractivity contribution in [1.82, 2.24) is 15.0 Å². The topological polar surface area (TPSA) is 30.7 Å². The quantitative estimate of drug-likeness (QED) is 0.806. The molecule has 0 aliphatic carbocycles. The van der Waals surface area contributed by atoms with E-state index in [1.165, 1.54) is 12.2 Å². The number of benzene rings is 1. The largest absolute Gasteiger partial charge is 0.241 e. The lowest BCUT2D eigenvalue weighted by Gasteiger charge is -2.08. The minimum Gasteiger partial charge on any atom is -0.241 e. The molecule has 0 amide bonds. The summed E-state index contributed by atoms with van der Waals surface area (Å²) < 4.78 is 3.16. The van der Waals surface area contributed by atoms with Gasteiger partial charge in [-0.05, 0) is 30.4 Å². The van der Waals surface area contributed by atoms with E-state index in [9.17, 15) is 0 Å². The predicted octanol–water partition coefficient (Wildman–Crippen LogP) is 2.87. The summed E-state index contributed by atoms with van der Waals surface area (Å²) in [6.07, 6.45) is 1.20. The molecule has 1 aromatic heterocycles. The van der Waals surface area contributed by atoms with Gasteiger partial charge < -0.3 is 0 Å². The summed E-state index contributed by atoms with van der Waals surface area (Å²) in [5.41, 5.74) is 2.12. The van der Waals surface area contributed by atoms with Crippen LogP contribution in [0.1, 0.15) is 12.5 Å². The van der Waals surface area contributed by atoms with Gasteiger partial charge in [0.05, 0.1) is 11.6 Å². The molecule has 15 heavy (non-hydrogen) atoms.